The van der Waals surface area contributed by atoms with Crippen molar-refractivity contribution in [2.24, 2.45) is 0 Å². The van der Waals surface area contributed by atoms with Gasteiger partial charge in [-0.2, -0.15) is 22.0 Å². The Labute approximate surface area is 93.4 Å². The van der Waals surface area contributed by atoms with E-state index < -0.39 is 17.7 Å². The average Bonchev–Trinajstić information content (AvgIpc) is 2.25. The van der Waals surface area contributed by atoms with Crippen molar-refractivity contribution in [2.75, 3.05) is 0 Å². The Morgan fingerprint density at radius 2 is 1.71 bits per heavy atom. The lowest BCUT2D eigenvalue weighted by Gasteiger charge is -2.22. The highest BCUT2D eigenvalue weighted by molar-refractivity contribution is 5.47. The van der Waals surface area contributed by atoms with Crippen LogP contribution in [0.5, 0.6) is 0 Å². The minimum Gasteiger partial charge on any atom is -0.355 e. The number of hydrogen-bond donors (Lipinski definition) is 1. The number of alkyl halides is 5. The predicted octanol–water partition coefficient (Wildman–Crippen LogP) is 2.59. The highest BCUT2D eigenvalue weighted by Crippen LogP contribution is 2.44. The second kappa shape index (κ2) is 4.68. The molecular formula is C10H8F5NO. The zero-order valence-corrected chi connectivity index (χ0v) is 8.39. The normalized spacial score (nSPS) is 12.3. The van der Waals surface area contributed by atoms with Gasteiger partial charge in [-0.15, -0.1) is 0 Å². The van der Waals surface area contributed by atoms with Crippen LogP contribution < -0.4 is 5.32 Å². The smallest absolute Gasteiger partial charge is 0.355 e. The van der Waals surface area contributed by atoms with Crippen LogP contribution in [0.25, 0.3) is 0 Å². The number of amides is 1. The molecule has 0 saturated carbocycles. The van der Waals surface area contributed by atoms with Crippen molar-refractivity contribution in [2.45, 2.75) is 18.6 Å². The summed E-state index contributed by atoms with van der Waals surface area (Å²) < 4.78 is 62.8. The maximum Gasteiger partial charge on any atom is 0.458 e. The van der Waals surface area contributed by atoms with E-state index in [4.69, 9.17) is 0 Å². The monoisotopic (exact) mass is 253 g/mol. The molecule has 1 amide bonds. The molecule has 1 N–H and O–H groups in total. The maximum absolute atomic E-state index is 13.1. The number of hydrogen-bond acceptors (Lipinski definition) is 1. The Morgan fingerprint density at radius 3 is 2.24 bits per heavy atom. The highest BCUT2D eigenvalue weighted by Gasteiger charge is 2.59. The number of rotatable bonds is 4. The summed E-state index contributed by atoms with van der Waals surface area (Å²) in [5.41, 5.74) is -1.43. The first-order valence-electron chi connectivity index (χ1n) is 4.50. The van der Waals surface area contributed by atoms with Crippen LogP contribution in [0.15, 0.2) is 24.3 Å². The molecule has 0 aliphatic rings. The molecule has 0 heterocycles. The summed E-state index contributed by atoms with van der Waals surface area (Å²) in [6, 6.07) is 4.19. The van der Waals surface area contributed by atoms with E-state index in [0.29, 0.717) is 6.07 Å². The molecule has 0 saturated heterocycles. The molecule has 0 aliphatic heterocycles. The SMILES string of the molecule is O=CNCc1ccccc1C(F)(F)C(F)(F)F. The van der Waals surface area contributed by atoms with Crippen LogP contribution in [-0.4, -0.2) is 12.6 Å². The topological polar surface area (TPSA) is 29.1 Å². The second-order valence-electron chi connectivity index (χ2n) is 3.23. The fourth-order valence-electron chi connectivity index (χ4n) is 1.29. The van der Waals surface area contributed by atoms with E-state index in [1.54, 1.807) is 0 Å². The van der Waals surface area contributed by atoms with Gasteiger partial charge in [0.05, 0.1) is 0 Å². The first kappa shape index (κ1) is 13.4. The Balaban J connectivity index is 3.16. The number of nitrogens with one attached hydrogen (secondary N) is 1. The Bertz CT molecular complexity index is 402. The largest absolute Gasteiger partial charge is 0.458 e. The average molecular weight is 253 g/mol. The molecule has 1 aromatic carbocycles. The predicted molar refractivity (Wildman–Crippen MR) is 49.3 cm³/mol. The van der Waals surface area contributed by atoms with Crippen LogP contribution in [0.3, 0.4) is 0 Å². The maximum atomic E-state index is 13.1. The summed E-state index contributed by atoms with van der Waals surface area (Å²) >= 11 is 0. The summed E-state index contributed by atoms with van der Waals surface area (Å²) in [7, 11) is 0. The van der Waals surface area contributed by atoms with Crippen LogP contribution in [0.1, 0.15) is 11.1 Å². The van der Waals surface area contributed by atoms with Gasteiger partial charge in [-0.25, -0.2) is 0 Å². The first-order chi connectivity index (χ1) is 7.80. The molecule has 7 heteroatoms. The lowest BCUT2D eigenvalue weighted by molar-refractivity contribution is -0.289. The molecule has 0 unspecified atom stereocenters. The van der Waals surface area contributed by atoms with Crippen LogP contribution in [-0.2, 0) is 17.3 Å². The van der Waals surface area contributed by atoms with Gasteiger partial charge in [-0.05, 0) is 5.56 Å². The van der Waals surface area contributed by atoms with Gasteiger partial charge < -0.3 is 5.32 Å². The van der Waals surface area contributed by atoms with E-state index in [1.807, 2.05) is 5.32 Å². The number of carbonyl (C=O) groups excluding carboxylic acids is 1. The molecule has 0 aliphatic carbocycles. The van der Waals surface area contributed by atoms with Crippen molar-refractivity contribution in [3.63, 3.8) is 0 Å². The fraction of sp³-hybridized carbons (Fsp3) is 0.300. The van der Waals surface area contributed by atoms with Crippen molar-refractivity contribution in [1.29, 1.82) is 0 Å². The van der Waals surface area contributed by atoms with Crippen LogP contribution in [0, 0.1) is 0 Å². The molecule has 2 nitrogen and oxygen atoms in total. The van der Waals surface area contributed by atoms with E-state index in [9.17, 15) is 26.7 Å². The van der Waals surface area contributed by atoms with Crippen molar-refractivity contribution in [3.05, 3.63) is 35.4 Å². The molecule has 0 spiro atoms. The van der Waals surface area contributed by atoms with E-state index in [0.717, 1.165) is 12.1 Å². The summed E-state index contributed by atoms with van der Waals surface area (Å²) in [5, 5.41) is 2.05. The van der Waals surface area contributed by atoms with Gasteiger partial charge in [0.2, 0.25) is 6.41 Å². The minimum atomic E-state index is -5.66. The third kappa shape index (κ3) is 2.72. The molecule has 0 bridgehead atoms. The van der Waals surface area contributed by atoms with Crippen LogP contribution in [0.2, 0.25) is 0 Å². The van der Waals surface area contributed by atoms with Gasteiger partial charge in [0, 0.05) is 12.1 Å². The van der Waals surface area contributed by atoms with Crippen LogP contribution >= 0.6 is 0 Å². The van der Waals surface area contributed by atoms with Gasteiger partial charge in [0.25, 0.3) is 0 Å². The molecule has 94 valence electrons. The molecular weight excluding hydrogens is 245 g/mol. The quantitative estimate of drug-likeness (QED) is 0.648. The van der Waals surface area contributed by atoms with E-state index in [2.05, 4.69) is 0 Å². The highest BCUT2D eigenvalue weighted by atomic mass is 19.4. The summed E-state index contributed by atoms with van der Waals surface area (Å²) in [6.07, 6.45) is -5.44. The van der Waals surface area contributed by atoms with Gasteiger partial charge in [0.1, 0.15) is 0 Å². The number of halogens is 5. The van der Waals surface area contributed by atoms with E-state index in [1.165, 1.54) is 6.07 Å². The van der Waals surface area contributed by atoms with Crippen LogP contribution in [0.4, 0.5) is 22.0 Å². The first-order valence-corrected chi connectivity index (χ1v) is 4.50. The van der Waals surface area contributed by atoms with E-state index >= 15 is 0 Å². The van der Waals surface area contributed by atoms with Gasteiger partial charge in [-0.3, -0.25) is 4.79 Å². The molecule has 1 aromatic rings. The zero-order valence-electron chi connectivity index (χ0n) is 8.39. The number of benzene rings is 1. The van der Waals surface area contributed by atoms with E-state index in [-0.39, 0.29) is 18.5 Å². The Hall–Kier alpha value is -1.66. The summed E-state index contributed by atoms with van der Waals surface area (Å²) in [4.78, 5) is 10.0. The minimum absolute atomic E-state index is 0.225. The second-order valence-corrected chi connectivity index (χ2v) is 3.23. The molecule has 0 radical (unpaired) electrons. The molecule has 0 fully saturated rings. The third-order valence-corrected chi connectivity index (χ3v) is 2.09. The summed E-state index contributed by atoms with van der Waals surface area (Å²) in [6.45, 7) is -0.384. The van der Waals surface area contributed by atoms with Gasteiger partial charge in [-0.1, -0.05) is 24.3 Å². The van der Waals surface area contributed by atoms with Crippen molar-refractivity contribution >= 4 is 6.41 Å². The molecule has 0 aromatic heterocycles. The van der Waals surface area contributed by atoms with Crippen molar-refractivity contribution < 1.29 is 26.7 Å². The van der Waals surface area contributed by atoms with Gasteiger partial charge >= 0.3 is 12.1 Å². The lowest BCUT2D eigenvalue weighted by Crippen LogP contribution is -2.35. The van der Waals surface area contributed by atoms with Gasteiger partial charge in [0.15, 0.2) is 0 Å². The molecule has 17 heavy (non-hydrogen) atoms. The van der Waals surface area contributed by atoms with Crippen molar-refractivity contribution in [3.8, 4) is 0 Å². The van der Waals surface area contributed by atoms with Crippen molar-refractivity contribution in [1.82, 2.24) is 5.32 Å². The lowest BCUT2D eigenvalue weighted by atomic mass is 10.0. The third-order valence-electron chi connectivity index (χ3n) is 2.09. The molecule has 0 atom stereocenters. The standard InChI is InChI=1S/C10H8F5NO/c11-9(12,10(13,14)15)8-4-2-1-3-7(8)5-16-6-17/h1-4,6H,5H2,(H,16,17). The fourth-order valence-corrected chi connectivity index (χ4v) is 1.29. The zero-order chi connectivity index (χ0) is 13.1. The summed E-state index contributed by atoms with van der Waals surface area (Å²) in [5.74, 6) is -4.94. The Morgan fingerprint density at radius 1 is 1.12 bits per heavy atom. The Kier molecular flexibility index (Phi) is 3.69. The number of carbonyl (C=O) groups is 1. The molecule has 1 rings (SSSR count).